The van der Waals surface area contributed by atoms with Crippen LogP contribution in [0.2, 0.25) is 0 Å². The van der Waals surface area contributed by atoms with Gasteiger partial charge in [-0.2, -0.15) is 18.2 Å². The number of methoxy groups -OCH3 is 1. The zero-order valence-electron chi connectivity index (χ0n) is 8.66. The zero-order chi connectivity index (χ0) is 9.36. The Hall–Kier alpha value is -0.463. The van der Waals surface area contributed by atoms with E-state index in [-0.39, 0.29) is 25.7 Å². The second-order valence-electron chi connectivity index (χ2n) is 2.40. The van der Waals surface area contributed by atoms with E-state index in [0.717, 1.165) is 5.75 Å². The van der Waals surface area contributed by atoms with Crippen LogP contribution in [0.25, 0.3) is 0 Å². The summed E-state index contributed by atoms with van der Waals surface area (Å²) in [5, 5.41) is 0. The van der Waals surface area contributed by atoms with Crippen molar-refractivity contribution in [1.82, 2.24) is 0 Å². The van der Waals surface area contributed by atoms with Crippen molar-refractivity contribution in [2.45, 2.75) is 0 Å². The first-order chi connectivity index (χ1) is 6.43. The van der Waals surface area contributed by atoms with Gasteiger partial charge < -0.3 is 14.2 Å². The number of hydrogen-bond acceptors (Lipinski definition) is 3. The molecule has 0 unspecified atom stereocenters. The number of ether oxygens (including phenoxy) is 3. The van der Waals surface area contributed by atoms with E-state index in [1.807, 2.05) is 12.1 Å². The zero-order valence-corrected chi connectivity index (χ0v) is 8.66. The second-order valence-corrected chi connectivity index (χ2v) is 2.40. The minimum atomic E-state index is 0. The van der Waals surface area contributed by atoms with Crippen molar-refractivity contribution in [2.24, 2.45) is 0 Å². The molecule has 0 heterocycles. The van der Waals surface area contributed by atoms with E-state index in [9.17, 15) is 0 Å². The number of benzene rings is 1. The van der Waals surface area contributed by atoms with E-state index in [2.05, 4.69) is 6.07 Å². The summed E-state index contributed by atoms with van der Waals surface area (Å²) in [6.45, 7) is 1.40. The average Bonchev–Trinajstić information content (AvgIpc) is 2.19. The Morgan fingerprint density at radius 3 is 2.57 bits per heavy atom. The van der Waals surface area contributed by atoms with Crippen LogP contribution in [0.15, 0.2) is 24.3 Å². The van der Waals surface area contributed by atoms with Gasteiger partial charge in [0.25, 0.3) is 0 Å². The van der Waals surface area contributed by atoms with Crippen LogP contribution in [0.1, 0.15) is 0 Å². The molecule has 0 fully saturated rings. The number of hydrogen-bond donors (Lipinski definition) is 0. The molecule has 0 saturated heterocycles. The summed E-state index contributed by atoms with van der Waals surface area (Å²) in [7, 11) is 1.64. The molecule has 0 aromatic heterocycles. The largest absolute Gasteiger partial charge is 1.00 e. The van der Waals surface area contributed by atoms with Crippen molar-refractivity contribution >= 4 is 0 Å². The summed E-state index contributed by atoms with van der Waals surface area (Å²) in [6, 6.07) is 10.2. The van der Waals surface area contributed by atoms with Crippen LogP contribution < -0.4 is 23.6 Å². The fraction of sp³-hybridized carbons (Fsp3) is 0.400. The van der Waals surface area contributed by atoms with Crippen LogP contribution >= 0.6 is 0 Å². The van der Waals surface area contributed by atoms with E-state index in [1.54, 1.807) is 19.2 Å². The van der Waals surface area contributed by atoms with Crippen LogP contribution in [0.3, 0.4) is 0 Å². The average molecular weight is 188 g/mol. The van der Waals surface area contributed by atoms with Crippen LogP contribution in [0.5, 0.6) is 5.75 Å². The SMILES string of the molecule is COCCOCOc1cc[c-]cc1.[Li+]. The van der Waals surface area contributed by atoms with Crippen LogP contribution in [0.4, 0.5) is 0 Å². The third kappa shape index (κ3) is 6.06. The maximum Gasteiger partial charge on any atom is 1.00 e. The van der Waals surface area contributed by atoms with Gasteiger partial charge in [-0.3, -0.25) is 0 Å². The summed E-state index contributed by atoms with van der Waals surface area (Å²) < 4.78 is 15.2. The molecule has 0 bridgehead atoms. The maximum absolute atomic E-state index is 5.25. The topological polar surface area (TPSA) is 27.7 Å². The molecule has 72 valence electrons. The Balaban J connectivity index is 0.00000169. The van der Waals surface area contributed by atoms with Gasteiger partial charge in [0.1, 0.15) is 0 Å². The molecule has 1 aromatic carbocycles. The van der Waals surface area contributed by atoms with E-state index in [4.69, 9.17) is 14.2 Å². The molecule has 0 N–H and O–H groups in total. The standard InChI is InChI=1S/C10H13O3.Li/c1-11-7-8-12-9-13-10-5-3-2-4-6-10;/h3-6H,7-9H2,1H3;/q-1;+1. The molecule has 1 rings (SSSR count). The Kier molecular flexibility index (Phi) is 8.81. The first kappa shape index (κ1) is 13.5. The third-order valence-corrected chi connectivity index (χ3v) is 1.43. The number of rotatable bonds is 6. The molecule has 0 aliphatic heterocycles. The van der Waals surface area contributed by atoms with E-state index >= 15 is 0 Å². The molecule has 0 saturated carbocycles. The molecule has 1 aromatic rings. The monoisotopic (exact) mass is 188 g/mol. The summed E-state index contributed by atoms with van der Waals surface area (Å²) >= 11 is 0. The van der Waals surface area contributed by atoms with Gasteiger partial charge in [-0.05, 0) is 0 Å². The molecule has 4 heteroatoms. The van der Waals surface area contributed by atoms with Crippen LogP contribution in [-0.4, -0.2) is 27.1 Å². The normalized spacial score (nSPS) is 9.21. The molecule has 3 nitrogen and oxygen atoms in total. The predicted molar refractivity (Wildman–Crippen MR) is 48.6 cm³/mol. The van der Waals surface area contributed by atoms with E-state index in [1.165, 1.54) is 0 Å². The Morgan fingerprint density at radius 2 is 1.93 bits per heavy atom. The van der Waals surface area contributed by atoms with Crippen molar-refractivity contribution in [3.05, 3.63) is 30.3 Å². The van der Waals surface area contributed by atoms with Gasteiger partial charge in [-0.25, -0.2) is 0 Å². The first-order valence-corrected chi connectivity index (χ1v) is 4.09. The first-order valence-electron chi connectivity index (χ1n) is 4.09. The molecule has 0 aliphatic rings. The Labute approximate surface area is 96.5 Å². The van der Waals surface area contributed by atoms with Gasteiger partial charge in [0.2, 0.25) is 0 Å². The van der Waals surface area contributed by atoms with Gasteiger partial charge in [-0.15, -0.1) is 12.1 Å². The van der Waals surface area contributed by atoms with E-state index in [0.29, 0.717) is 13.2 Å². The Bertz CT molecular complexity index is 216. The van der Waals surface area contributed by atoms with Crippen molar-refractivity contribution in [3.8, 4) is 5.75 Å². The van der Waals surface area contributed by atoms with Gasteiger partial charge in [0.05, 0.1) is 13.2 Å². The molecule has 0 amide bonds. The fourth-order valence-corrected chi connectivity index (χ4v) is 0.779. The quantitative estimate of drug-likeness (QED) is 0.235. The van der Waals surface area contributed by atoms with Gasteiger partial charge in [0, 0.05) is 12.9 Å². The molecular weight excluding hydrogens is 175 g/mol. The summed E-state index contributed by atoms with van der Waals surface area (Å²) in [6.07, 6.45) is 0. The smallest absolute Gasteiger partial charge is 0.493 e. The fourth-order valence-electron chi connectivity index (χ4n) is 0.779. The Morgan fingerprint density at radius 1 is 1.21 bits per heavy atom. The summed E-state index contributed by atoms with van der Waals surface area (Å²) in [5.41, 5.74) is 0. The van der Waals surface area contributed by atoms with Crippen molar-refractivity contribution in [1.29, 1.82) is 0 Å². The molecule has 0 aliphatic carbocycles. The van der Waals surface area contributed by atoms with Gasteiger partial charge in [0.15, 0.2) is 6.79 Å². The molecule has 14 heavy (non-hydrogen) atoms. The third-order valence-electron chi connectivity index (χ3n) is 1.43. The predicted octanol–water partition coefficient (Wildman–Crippen LogP) is -1.51. The van der Waals surface area contributed by atoms with E-state index < -0.39 is 0 Å². The van der Waals surface area contributed by atoms with Gasteiger partial charge >= 0.3 is 18.9 Å². The minimum absolute atomic E-state index is 0. The van der Waals surface area contributed by atoms with Crippen LogP contribution in [0, 0.1) is 6.07 Å². The second kappa shape index (κ2) is 9.11. The molecule has 0 radical (unpaired) electrons. The molecular formula is C10H13LiO3. The molecule has 0 spiro atoms. The van der Waals surface area contributed by atoms with Crippen molar-refractivity contribution in [3.63, 3.8) is 0 Å². The van der Waals surface area contributed by atoms with Crippen LogP contribution in [-0.2, 0) is 9.47 Å². The summed E-state index contributed by atoms with van der Waals surface area (Å²) in [4.78, 5) is 0. The van der Waals surface area contributed by atoms with Gasteiger partial charge in [-0.1, -0.05) is 0 Å². The van der Waals surface area contributed by atoms with Crippen molar-refractivity contribution < 1.29 is 33.1 Å². The molecule has 0 atom stereocenters. The maximum atomic E-state index is 5.25. The van der Waals surface area contributed by atoms with Crippen molar-refractivity contribution in [2.75, 3.05) is 27.1 Å². The summed E-state index contributed by atoms with van der Waals surface area (Å²) in [5.74, 6) is 0.788. The minimum Gasteiger partial charge on any atom is -0.493 e.